The van der Waals surface area contributed by atoms with Crippen LogP contribution in [0, 0.1) is 5.92 Å². The molecule has 36 heavy (non-hydrogen) atoms. The number of alkyl halides is 4. The number of anilines is 1. The highest BCUT2D eigenvalue weighted by molar-refractivity contribution is 5.88. The Balaban J connectivity index is 1.40. The number of halogens is 4. The number of amides is 1. The van der Waals surface area contributed by atoms with Crippen molar-refractivity contribution >= 4 is 22.9 Å². The van der Waals surface area contributed by atoms with Crippen LogP contribution in [0.1, 0.15) is 23.7 Å². The molecule has 1 N–H and O–H groups in total. The summed E-state index contributed by atoms with van der Waals surface area (Å²) in [5.41, 5.74) is 0.203. The zero-order valence-electron chi connectivity index (χ0n) is 19.1. The summed E-state index contributed by atoms with van der Waals surface area (Å²) >= 11 is 0. The van der Waals surface area contributed by atoms with Gasteiger partial charge in [-0.3, -0.25) is 4.98 Å². The molecule has 3 aromatic rings. The van der Waals surface area contributed by atoms with Crippen LogP contribution < -0.4 is 4.90 Å². The lowest BCUT2D eigenvalue weighted by Gasteiger charge is -2.36. The van der Waals surface area contributed by atoms with Crippen molar-refractivity contribution in [2.24, 2.45) is 5.92 Å². The van der Waals surface area contributed by atoms with E-state index in [2.05, 4.69) is 15.0 Å². The molecule has 0 aliphatic carbocycles. The van der Waals surface area contributed by atoms with Gasteiger partial charge < -0.3 is 24.2 Å². The number of carboxylic acid groups (broad SMARTS) is 1. The van der Waals surface area contributed by atoms with Gasteiger partial charge in [0.2, 0.25) is 0 Å². The third-order valence-corrected chi connectivity index (χ3v) is 6.77. The van der Waals surface area contributed by atoms with Crippen molar-refractivity contribution in [3.05, 3.63) is 48.2 Å². The summed E-state index contributed by atoms with van der Waals surface area (Å²) in [7, 11) is 0. The van der Waals surface area contributed by atoms with E-state index in [0.717, 1.165) is 22.5 Å². The summed E-state index contributed by atoms with van der Waals surface area (Å²) in [5, 5.41) is 9.83. The lowest BCUT2D eigenvalue weighted by Crippen LogP contribution is -2.45. The lowest BCUT2D eigenvalue weighted by molar-refractivity contribution is -0.137. The van der Waals surface area contributed by atoms with E-state index in [1.54, 1.807) is 6.20 Å². The average Bonchev–Trinajstić information content (AvgIpc) is 3.27. The van der Waals surface area contributed by atoms with Crippen LogP contribution >= 0.6 is 0 Å². The molecular weight excluding hydrogens is 484 g/mol. The molecule has 2 aliphatic heterocycles. The summed E-state index contributed by atoms with van der Waals surface area (Å²) in [4.78, 5) is 27.1. The zero-order chi connectivity index (χ0) is 25.4. The molecule has 2 saturated heterocycles. The van der Waals surface area contributed by atoms with Crippen LogP contribution in [0.25, 0.3) is 11.0 Å². The Kier molecular flexibility index (Phi) is 6.41. The lowest BCUT2D eigenvalue weighted by atomic mass is 9.95. The zero-order valence-corrected chi connectivity index (χ0v) is 19.1. The van der Waals surface area contributed by atoms with E-state index < -0.39 is 30.0 Å². The van der Waals surface area contributed by atoms with E-state index in [4.69, 9.17) is 9.84 Å². The van der Waals surface area contributed by atoms with Gasteiger partial charge in [0, 0.05) is 37.9 Å². The van der Waals surface area contributed by atoms with Crippen LogP contribution in [-0.4, -0.2) is 74.6 Å². The molecule has 192 valence electrons. The number of nitrogens with zero attached hydrogens (tertiary/aromatic N) is 6. The number of rotatable bonds is 4. The first-order chi connectivity index (χ1) is 17.2. The molecule has 5 heterocycles. The van der Waals surface area contributed by atoms with Crippen molar-refractivity contribution in [2.45, 2.75) is 31.4 Å². The highest BCUT2D eigenvalue weighted by Gasteiger charge is 2.34. The van der Waals surface area contributed by atoms with E-state index in [0.29, 0.717) is 43.3 Å². The maximum atomic E-state index is 14.7. The fraction of sp³-hybridized carbons (Fsp3) is 0.478. The van der Waals surface area contributed by atoms with E-state index in [-0.39, 0.29) is 25.6 Å². The molecule has 2 aliphatic rings. The first kappa shape index (κ1) is 24.2. The molecule has 0 radical (unpaired) electrons. The van der Waals surface area contributed by atoms with Gasteiger partial charge in [0.05, 0.1) is 42.4 Å². The van der Waals surface area contributed by atoms with Crippen LogP contribution in [0.4, 0.5) is 28.2 Å². The van der Waals surface area contributed by atoms with Crippen molar-refractivity contribution in [3.63, 3.8) is 0 Å². The number of aromatic nitrogens is 4. The Bertz CT molecular complexity index is 1230. The second-order valence-corrected chi connectivity index (χ2v) is 8.95. The summed E-state index contributed by atoms with van der Waals surface area (Å²) < 4.78 is 61.1. The minimum atomic E-state index is -4.47. The van der Waals surface area contributed by atoms with Crippen molar-refractivity contribution < 1.29 is 32.2 Å². The Morgan fingerprint density at radius 1 is 1.17 bits per heavy atom. The largest absolute Gasteiger partial charge is 0.465 e. The number of pyridine rings is 1. The number of piperidine rings is 1. The van der Waals surface area contributed by atoms with E-state index in [9.17, 15) is 22.4 Å². The average molecular weight is 508 g/mol. The normalized spacial score (nSPS) is 23.3. The maximum Gasteiger partial charge on any atom is 0.417 e. The molecule has 1 amide bonds. The van der Waals surface area contributed by atoms with Gasteiger partial charge >= 0.3 is 12.3 Å². The number of hydrogen-bond acceptors (Lipinski definition) is 6. The van der Waals surface area contributed by atoms with Crippen molar-refractivity contribution in [1.29, 1.82) is 0 Å². The first-order valence-corrected chi connectivity index (χ1v) is 11.5. The number of fused-ring (bicyclic) bond motifs is 1. The smallest absolute Gasteiger partial charge is 0.417 e. The SMILES string of the molecule is O=C(O)N1CC[C@H](Cn2ccc3c(N4CCOCC4c4ccc(C(F)(F)F)cn4)ncnc32)[C@@H](F)C1. The van der Waals surface area contributed by atoms with Crippen LogP contribution in [0.3, 0.4) is 0 Å². The van der Waals surface area contributed by atoms with Gasteiger partial charge in [0.25, 0.3) is 0 Å². The van der Waals surface area contributed by atoms with Crippen molar-refractivity contribution in [3.8, 4) is 0 Å². The Labute approximate surface area is 203 Å². The third-order valence-electron chi connectivity index (χ3n) is 6.77. The molecule has 3 atom stereocenters. The third kappa shape index (κ3) is 4.66. The van der Waals surface area contributed by atoms with Gasteiger partial charge in [-0.25, -0.2) is 19.2 Å². The van der Waals surface area contributed by atoms with E-state index in [1.807, 2.05) is 15.5 Å². The Hall–Kier alpha value is -3.48. The van der Waals surface area contributed by atoms with Crippen LogP contribution in [-0.2, 0) is 17.5 Å². The highest BCUT2D eigenvalue weighted by atomic mass is 19.4. The minimum absolute atomic E-state index is 0.158. The second kappa shape index (κ2) is 9.52. The maximum absolute atomic E-state index is 14.7. The summed E-state index contributed by atoms with van der Waals surface area (Å²) in [6.07, 6.45) is -2.47. The predicted octanol–water partition coefficient (Wildman–Crippen LogP) is 3.76. The monoisotopic (exact) mass is 508 g/mol. The van der Waals surface area contributed by atoms with Crippen LogP contribution in [0.5, 0.6) is 0 Å². The fourth-order valence-electron chi connectivity index (χ4n) is 4.82. The molecule has 0 bridgehead atoms. The van der Waals surface area contributed by atoms with Crippen molar-refractivity contribution in [2.75, 3.05) is 37.7 Å². The topological polar surface area (TPSA) is 96.6 Å². The summed E-state index contributed by atoms with van der Waals surface area (Å²) in [5.74, 6) is 0.230. The standard InChI is InChI=1S/C23H24F4N6O3/c24-17-11-32(22(34)35)5-3-14(17)10-31-6-4-16-20(31)29-13-30-21(16)33-7-8-36-12-19(33)18-2-1-15(9-28-18)23(25,26)27/h1-2,4,6,9,13-14,17,19H,3,5,7-8,10-12H2,(H,34,35)/t14-,17+,19?/m1/s1. The van der Waals surface area contributed by atoms with Crippen molar-refractivity contribution in [1.82, 2.24) is 24.4 Å². The molecule has 0 spiro atoms. The quantitative estimate of drug-likeness (QED) is 0.536. The number of carbonyl (C=O) groups is 1. The number of morpholine rings is 1. The first-order valence-electron chi connectivity index (χ1n) is 11.5. The summed E-state index contributed by atoms with van der Waals surface area (Å²) in [6, 6.07) is 3.74. The summed E-state index contributed by atoms with van der Waals surface area (Å²) in [6.45, 7) is 1.54. The molecule has 1 unspecified atom stereocenters. The van der Waals surface area contributed by atoms with Gasteiger partial charge in [-0.2, -0.15) is 13.2 Å². The number of hydrogen-bond donors (Lipinski definition) is 1. The van der Waals surface area contributed by atoms with Gasteiger partial charge in [-0.1, -0.05) is 0 Å². The van der Waals surface area contributed by atoms with Crippen LogP contribution in [0.2, 0.25) is 0 Å². The van der Waals surface area contributed by atoms with Gasteiger partial charge in [-0.05, 0) is 24.6 Å². The van der Waals surface area contributed by atoms with E-state index >= 15 is 0 Å². The molecule has 9 nitrogen and oxygen atoms in total. The molecule has 5 rings (SSSR count). The minimum Gasteiger partial charge on any atom is -0.465 e. The number of ether oxygens (including phenoxy) is 1. The number of likely N-dealkylation sites (tertiary alicyclic amines) is 1. The van der Waals surface area contributed by atoms with Gasteiger partial charge in [-0.15, -0.1) is 0 Å². The van der Waals surface area contributed by atoms with Gasteiger partial charge in [0.1, 0.15) is 24.0 Å². The Morgan fingerprint density at radius 3 is 2.69 bits per heavy atom. The molecule has 0 aromatic carbocycles. The fourth-order valence-corrected chi connectivity index (χ4v) is 4.82. The molecule has 0 saturated carbocycles. The molecule has 3 aromatic heterocycles. The highest BCUT2D eigenvalue weighted by Crippen LogP contribution is 2.34. The van der Waals surface area contributed by atoms with E-state index in [1.165, 1.54) is 12.4 Å². The second-order valence-electron chi connectivity index (χ2n) is 8.95. The van der Waals surface area contributed by atoms with Gasteiger partial charge in [0.15, 0.2) is 0 Å². The Morgan fingerprint density at radius 2 is 2.00 bits per heavy atom. The molecule has 13 heteroatoms. The molecule has 2 fully saturated rings. The predicted molar refractivity (Wildman–Crippen MR) is 120 cm³/mol. The van der Waals surface area contributed by atoms with Crippen LogP contribution in [0.15, 0.2) is 36.9 Å². The molecular formula is C23H24F4N6O3.